The third-order valence-electron chi connectivity index (χ3n) is 1.99. The standard InChI is InChI=1S/C10H12F2O2/c1-7(13)10(11,12)8-5-3-4-6-9(8)14-2/h3-7,13H,1-2H3. The van der Waals surface area contributed by atoms with Gasteiger partial charge < -0.3 is 9.84 Å². The molecule has 0 aliphatic heterocycles. The van der Waals surface area contributed by atoms with Crippen molar-refractivity contribution in [2.75, 3.05) is 7.11 Å². The summed E-state index contributed by atoms with van der Waals surface area (Å²) in [4.78, 5) is 0. The van der Waals surface area contributed by atoms with Crippen molar-refractivity contribution < 1.29 is 18.6 Å². The first-order chi connectivity index (χ1) is 6.50. The van der Waals surface area contributed by atoms with E-state index in [0.717, 1.165) is 6.92 Å². The Bertz CT molecular complexity index is 311. The van der Waals surface area contributed by atoms with E-state index in [-0.39, 0.29) is 11.3 Å². The summed E-state index contributed by atoms with van der Waals surface area (Å²) in [6.45, 7) is 1.05. The van der Waals surface area contributed by atoms with Gasteiger partial charge >= 0.3 is 5.92 Å². The predicted octanol–water partition coefficient (Wildman–Crippen LogP) is 2.17. The van der Waals surface area contributed by atoms with Gasteiger partial charge in [-0.2, -0.15) is 8.78 Å². The molecule has 0 saturated heterocycles. The third-order valence-corrected chi connectivity index (χ3v) is 1.99. The minimum absolute atomic E-state index is 0.0819. The van der Waals surface area contributed by atoms with Crippen molar-refractivity contribution in [3.8, 4) is 5.75 Å². The first kappa shape index (κ1) is 10.9. The van der Waals surface area contributed by atoms with Gasteiger partial charge in [-0.05, 0) is 19.1 Å². The molecular weight excluding hydrogens is 190 g/mol. The van der Waals surface area contributed by atoms with Gasteiger partial charge in [0.1, 0.15) is 11.9 Å². The Labute approximate surface area is 81.1 Å². The highest BCUT2D eigenvalue weighted by Crippen LogP contribution is 2.37. The van der Waals surface area contributed by atoms with E-state index < -0.39 is 12.0 Å². The number of methoxy groups -OCH3 is 1. The molecule has 1 aromatic rings. The number of hydrogen-bond acceptors (Lipinski definition) is 2. The van der Waals surface area contributed by atoms with Gasteiger partial charge in [-0.1, -0.05) is 12.1 Å². The first-order valence-electron chi connectivity index (χ1n) is 4.19. The van der Waals surface area contributed by atoms with Crippen molar-refractivity contribution in [1.29, 1.82) is 0 Å². The SMILES string of the molecule is COc1ccccc1C(F)(F)C(C)O. The van der Waals surface area contributed by atoms with Crippen molar-refractivity contribution in [2.45, 2.75) is 19.0 Å². The van der Waals surface area contributed by atoms with Gasteiger partial charge in [0, 0.05) is 0 Å². The molecule has 0 amide bonds. The first-order valence-corrected chi connectivity index (χ1v) is 4.19. The van der Waals surface area contributed by atoms with Crippen LogP contribution in [0.15, 0.2) is 24.3 Å². The van der Waals surface area contributed by atoms with Crippen LogP contribution in [0.5, 0.6) is 5.75 Å². The molecule has 1 rings (SSSR count). The van der Waals surface area contributed by atoms with Crippen LogP contribution >= 0.6 is 0 Å². The fraction of sp³-hybridized carbons (Fsp3) is 0.400. The fourth-order valence-electron chi connectivity index (χ4n) is 1.15. The van der Waals surface area contributed by atoms with Gasteiger partial charge in [-0.25, -0.2) is 0 Å². The molecule has 0 aromatic heterocycles. The maximum atomic E-state index is 13.4. The zero-order valence-electron chi connectivity index (χ0n) is 8.00. The normalized spacial score (nSPS) is 13.8. The largest absolute Gasteiger partial charge is 0.496 e. The van der Waals surface area contributed by atoms with E-state index >= 15 is 0 Å². The lowest BCUT2D eigenvalue weighted by Crippen LogP contribution is -2.28. The molecule has 0 fully saturated rings. The highest BCUT2D eigenvalue weighted by atomic mass is 19.3. The molecule has 1 aromatic carbocycles. The quantitative estimate of drug-likeness (QED) is 0.813. The van der Waals surface area contributed by atoms with E-state index in [1.54, 1.807) is 6.07 Å². The fourth-order valence-corrected chi connectivity index (χ4v) is 1.15. The zero-order chi connectivity index (χ0) is 10.8. The number of para-hydroxylation sites is 1. The summed E-state index contributed by atoms with van der Waals surface area (Å²) in [6, 6.07) is 5.76. The van der Waals surface area contributed by atoms with Gasteiger partial charge in [0.25, 0.3) is 0 Å². The van der Waals surface area contributed by atoms with Crippen molar-refractivity contribution >= 4 is 0 Å². The summed E-state index contributed by atoms with van der Waals surface area (Å²) in [5, 5.41) is 8.95. The number of rotatable bonds is 3. The molecule has 0 bridgehead atoms. The lowest BCUT2D eigenvalue weighted by molar-refractivity contribution is -0.107. The van der Waals surface area contributed by atoms with Crippen molar-refractivity contribution in [3.05, 3.63) is 29.8 Å². The van der Waals surface area contributed by atoms with E-state index in [1.165, 1.54) is 25.3 Å². The Morgan fingerprint density at radius 1 is 1.36 bits per heavy atom. The monoisotopic (exact) mass is 202 g/mol. The molecule has 0 aliphatic rings. The topological polar surface area (TPSA) is 29.5 Å². The third kappa shape index (κ3) is 1.85. The molecule has 78 valence electrons. The Morgan fingerprint density at radius 2 is 1.93 bits per heavy atom. The molecule has 0 heterocycles. The minimum Gasteiger partial charge on any atom is -0.496 e. The zero-order valence-corrected chi connectivity index (χ0v) is 8.00. The summed E-state index contributed by atoms with van der Waals surface area (Å²) in [6.07, 6.45) is -1.74. The molecule has 2 nitrogen and oxygen atoms in total. The smallest absolute Gasteiger partial charge is 0.301 e. The van der Waals surface area contributed by atoms with Crippen LogP contribution in [0.2, 0.25) is 0 Å². The summed E-state index contributed by atoms with van der Waals surface area (Å²) in [5.41, 5.74) is -0.294. The van der Waals surface area contributed by atoms with Crippen LogP contribution in [-0.2, 0) is 5.92 Å². The van der Waals surface area contributed by atoms with Crippen molar-refractivity contribution in [1.82, 2.24) is 0 Å². The van der Waals surface area contributed by atoms with E-state index in [0.29, 0.717) is 0 Å². The predicted molar refractivity (Wildman–Crippen MR) is 48.6 cm³/mol. The number of alkyl halides is 2. The number of aliphatic hydroxyl groups is 1. The van der Waals surface area contributed by atoms with Gasteiger partial charge in [0.05, 0.1) is 12.7 Å². The second-order valence-electron chi connectivity index (χ2n) is 3.00. The minimum atomic E-state index is -3.29. The second kappa shape index (κ2) is 3.92. The maximum absolute atomic E-state index is 13.4. The summed E-state index contributed by atoms with van der Waals surface area (Å²) in [5.74, 6) is -3.20. The summed E-state index contributed by atoms with van der Waals surface area (Å²) in [7, 11) is 1.32. The Balaban J connectivity index is 3.17. The van der Waals surface area contributed by atoms with Crippen LogP contribution in [0, 0.1) is 0 Å². The molecule has 4 heteroatoms. The van der Waals surface area contributed by atoms with Crippen LogP contribution in [0.1, 0.15) is 12.5 Å². The number of benzene rings is 1. The average molecular weight is 202 g/mol. The summed E-state index contributed by atoms with van der Waals surface area (Å²) >= 11 is 0. The molecular formula is C10H12F2O2. The molecule has 1 unspecified atom stereocenters. The highest BCUT2D eigenvalue weighted by molar-refractivity contribution is 5.37. The Hall–Kier alpha value is -1.16. The molecule has 0 radical (unpaired) electrons. The number of ether oxygens (including phenoxy) is 1. The Kier molecular flexibility index (Phi) is 3.06. The molecule has 1 atom stereocenters. The molecule has 0 saturated carbocycles. The summed E-state index contributed by atoms with van der Waals surface area (Å²) < 4.78 is 31.6. The van der Waals surface area contributed by atoms with Crippen LogP contribution in [0.3, 0.4) is 0 Å². The molecule has 0 spiro atoms. The van der Waals surface area contributed by atoms with Crippen LogP contribution in [0.25, 0.3) is 0 Å². The van der Waals surface area contributed by atoms with E-state index in [1.807, 2.05) is 0 Å². The van der Waals surface area contributed by atoms with Crippen molar-refractivity contribution in [3.63, 3.8) is 0 Å². The van der Waals surface area contributed by atoms with E-state index in [4.69, 9.17) is 9.84 Å². The molecule has 0 aliphatic carbocycles. The molecule has 1 N–H and O–H groups in total. The lowest BCUT2D eigenvalue weighted by atomic mass is 10.0. The number of hydrogen-bond donors (Lipinski definition) is 1. The van der Waals surface area contributed by atoms with Gasteiger partial charge in [0.2, 0.25) is 0 Å². The highest BCUT2D eigenvalue weighted by Gasteiger charge is 2.39. The maximum Gasteiger partial charge on any atom is 0.301 e. The number of aliphatic hydroxyl groups excluding tert-OH is 1. The second-order valence-corrected chi connectivity index (χ2v) is 3.00. The van der Waals surface area contributed by atoms with Gasteiger partial charge in [0.15, 0.2) is 0 Å². The molecule has 14 heavy (non-hydrogen) atoms. The van der Waals surface area contributed by atoms with E-state index in [2.05, 4.69) is 0 Å². The van der Waals surface area contributed by atoms with Crippen LogP contribution in [0.4, 0.5) is 8.78 Å². The Morgan fingerprint density at radius 3 is 2.43 bits per heavy atom. The van der Waals surface area contributed by atoms with Gasteiger partial charge in [-0.15, -0.1) is 0 Å². The average Bonchev–Trinajstić information content (AvgIpc) is 2.17. The van der Waals surface area contributed by atoms with Crippen LogP contribution < -0.4 is 4.74 Å². The van der Waals surface area contributed by atoms with Gasteiger partial charge in [-0.3, -0.25) is 0 Å². The number of halogens is 2. The van der Waals surface area contributed by atoms with E-state index in [9.17, 15) is 8.78 Å². The lowest BCUT2D eigenvalue weighted by Gasteiger charge is -2.21. The van der Waals surface area contributed by atoms with Crippen molar-refractivity contribution in [2.24, 2.45) is 0 Å². The van der Waals surface area contributed by atoms with Crippen LogP contribution in [-0.4, -0.2) is 18.3 Å².